The highest BCUT2D eigenvalue weighted by atomic mass is 19.1. The molecule has 1 spiro atoms. The fourth-order valence-corrected chi connectivity index (χ4v) is 6.14. The maximum atomic E-state index is 13.7. The first kappa shape index (κ1) is 21.9. The first-order valence-corrected chi connectivity index (χ1v) is 12.7. The molecule has 0 amide bonds. The molecule has 0 bridgehead atoms. The number of piperidine rings is 1. The Balaban J connectivity index is 1.26. The molecule has 1 aromatic heterocycles. The van der Waals surface area contributed by atoms with Crippen molar-refractivity contribution < 1.29 is 18.7 Å². The van der Waals surface area contributed by atoms with Crippen LogP contribution in [0.15, 0.2) is 59.4 Å². The van der Waals surface area contributed by atoms with Crippen molar-refractivity contribution in [3.8, 4) is 11.4 Å². The number of allylic oxidation sites excluding steroid dienone is 3. The third-order valence-corrected chi connectivity index (χ3v) is 8.02. The Morgan fingerprint density at radius 2 is 2.17 bits per heavy atom. The molecule has 7 nitrogen and oxygen atoms in total. The number of aryl methyl sites for hydroxylation is 1. The van der Waals surface area contributed by atoms with Crippen molar-refractivity contribution in [2.45, 2.75) is 32.2 Å². The molecule has 7 rings (SSSR count). The van der Waals surface area contributed by atoms with Crippen LogP contribution in [0.4, 0.5) is 4.39 Å². The summed E-state index contributed by atoms with van der Waals surface area (Å²) in [5.41, 5.74) is 5.60. The van der Waals surface area contributed by atoms with Gasteiger partial charge in [0.2, 0.25) is 0 Å². The summed E-state index contributed by atoms with van der Waals surface area (Å²) in [5.74, 6) is 1.85. The van der Waals surface area contributed by atoms with Crippen LogP contribution in [0.3, 0.4) is 0 Å². The van der Waals surface area contributed by atoms with Crippen LogP contribution >= 0.6 is 0 Å². The number of halogens is 1. The van der Waals surface area contributed by atoms with Crippen LogP contribution in [0.5, 0.6) is 5.75 Å². The summed E-state index contributed by atoms with van der Waals surface area (Å²) in [6, 6.07) is 4.39. The van der Waals surface area contributed by atoms with Gasteiger partial charge in [0.15, 0.2) is 5.84 Å². The van der Waals surface area contributed by atoms with Gasteiger partial charge in [-0.05, 0) is 55.2 Å². The van der Waals surface area contributed by atoms with Crippen LogP contribution in [0.2, 0.25) is 0 Å². The lowest BCUT2D eigenvalue weighted by Crippen LogP contribution is -2.62. The van der Waals surface area contributed by atoms with E-state index in [0.29, 0.717) is 19.6 Å². The molecule has 8 heteroatoms. The number of hydrogen-bond donors (Lipinski definition) is 0. The largest absolute Gasteiger partial charge is 0.491 e. The minimum Gasteiger partial charge on any atom is -0.491 e. The molecular formula is C28H29FN4O3. The SMILES string of the molecule is Cc1cn(-c2ccc(/C=C3\CC4(COC4)CN4C3=NOCC4C3C=CC(F)=CC3)c3c2OCC3)cn1. The Bertz CT molecular complexity index is 1340. The lowest BCUT2D eigenvalue weighted by Gasteiger charge is -2.53. The van der Waals surface area contributed by atoms with Gasteiger partial charge in [-0.15, -0.1) is 0 Å². The molecule has 0 radical (unpaired) electrons. The number of imidazole rings is 1. The summed E-state index contributed by atoms with van der Waals surface area (Å²) in [4.78, 5) is 12.6. The zero-order valence-electron chi connectivity index (χ0n) is 20.3. The minimum atomic E-state index is -0.162. The molecule has 2 atom stereocenters. The van der Waals surface area contributed by atoms with E-state index in [1.807, 2.05) is 30.1 Å². The van der Waals surface area contributed by atoms with Crippen molar-refractivity contribution in [1.82, 2.24) is 14.5 Å². The number of rotatable bonds is 3. The average Bonchev–Trinajstić information content (AvgIpc) is 3.53. The molecule has 36 heavy (non-hydrogen) atoms. The van der Waals surface area contributed by atoms with Crippen LogP contribution in [0.25, 0.3) is 11.8 Å². The summed E-state index contributed by atoms with van der Waals surface area (Å²) < 4.78 is 27.5. The summed E-state index contributed by atoms with van der Waals surface area (Å²) >= 11 is 0. The average molecular weight is 489 g/mol. The van der Waals surface area contributed by atoms with E-state index in [4.69, 9.17) is 14.3 Å². The second kappa shape index (κ2) is 8.34. The predicted octanol–water partition coefficient (Wildman–Crippen LogP) is 4.36. The van der Waals surface area contributed by atoms with Crippen molar-refractivity contribution in [1.29, 1.82) is 0 Å². The van der Waals surface area contributed by atoms with Gasteiger partial charge in [-0.25, -0.2) is 9.37 Å². The highest BCUT2D eigenvalue weighted by Gasteiger charge is 2.49. The Morgan fingerprint density at radius 3 is 2.92 bits per heavy atom. The fraction of sp³-hybridized carbons (Fsp3) is 0.429. The fourth-order valence-electron chi connectivity index (χ4n) is 6.14. The number of hydrogen-bond acceptors (Lipinski definition) is 6. The van der Waals surface area contributed by atoms with Gasteiger partial charge in [-0.3, -0.25) is 0 Å². The molecule has 5 aliphatic rings. The van der Waals surface area contributed by atoms with Gasteiger partial charge in [0.1, 0.15) is 18.2 Å². The van der Waals surface area contributed by atoms with Crippen molar-refractivity contribution in [3.05, 3.63) is 71.1 Å². The number of aromatic nitrogens is 2. The van der Waals surface area contributed by atoms with E-state index in [9.17, 15) is 4.39 Å². The molecule has 1 aromatic carbocycles. The number of ether oxygens (including phenoxy) is 2. The maximum Gasteiger partial charge on any atom is 0.171 e. The second-order valence-electron chi connectivity index (χ2n) is 10.6. The molecule has 1 aliphatic carbocycles. The Kier molecular flexibility index (Phi) is 5.06. The Morgan fingerprint density at radius 1 is 1.25 bits per heavy atom. The lowest BCUT2D eigenvalue weighted by atomic mass is 9.74. The summed E-state index contributed by atoms with van der Waals surface area (Å²) in [6.45, 7) is 5.54. The van der Waals surface area contributed by atoms with E-state index in [-0.39, 0.29) is 23.2 Å². The topological polar surface area (TPSA) is 61.1 Å². The van der Waals surface area contributed by atoms with Gasteiger partial charge in [0.25, 0.3) is 0 Å². The molecule has 2 aromatic rings. The monoisotopic (exact) mass is 488 g/mol. The first-order valence-electron chi connectivity index (χ1n) is 12.7. The number of benzene rings is 1. The van der Waals surface area contributed by atoms with E-state index in [2.05, 4.69) is 33.2 Å². The normalized spacial score (nSPS) is 27.1. The first-order chi connectivity index (χ1) is 17.6. The molecule has 0 N–H and O–H groups in total. The van der Waals surface area contributed by atoms with E-state index >= 15 is 0 Å². The van der Waals surface area contributed by atoms with Gasteiger partial charge >= 0.3 is 0 Å². The van der Waals surface area contributed by atoms with Crippen molar-refractivity contribution >= 4 is 11.9 Å². The van der Waals surface area contributed by atoms with Crippen LogP contribution in [0.1, 0.15) is 29.7 Å². The van der Waals surface area contributed by atoms with E-state index < -0.39 is 0 Å². The molecule has 4 aliphatic heterocycles. The Labute approximate surface area is 209 Å². The van der Waals surface area contributed by atoms with E-state index in [0.717, 1.165) is 66.7 Å². The summed E-state index contributed by atoms with van der Waals surface area (Å²) in [7, 11) is 0. The zero-order valence-corrected chi connectivity index (χ0v) is 20.3. The standard InChI is InChI=1S/C28H29FN4O3/c1-18-12-32(17-30-18)24-7-4-20(23-8-9-35-26(23)24)10-21-11-28(15-34-16-28)14-33-25(13-36-31-27(21)33)19-2-5-22(29)6-3-19/h2,4-7,10,12,17,19,25H,3,8-9,11,13-16H2,1H3/b21-10+. The van der Waals surface area contributed by atoms with Gasteiger partial charge < -0.3 is 23.8 Å². The van der Waals surface area contributed by atoms with E-state index in [1.165, 1.54) is 5.56 Å². The number of fused-ring (bicyclic) bond motifs is 2. The zero-order chi connectivity index (χ0) is 24.3. The summed E-state index contributed by atoms with van der Waals surface area (Å²) in [6.07, 6.45) is 13.8. The van der Waals surface area contributed by atoms with Gasteiger partial charge in [0, 0.05) is 36.1 Å². The van der Waals surface area contributed by atoms with Crippen molar-refractivity contribution in [3.63, 3.8) is 0 Å². The number of oxime groups is 1. The molecule has 0 saturated carbocycles. The maximum absolute atomic E-state index is 13.7. The van der Waals surface area contributed by atoms with Gasteiger partial charge in [-0.2, -0.15) is 0 Å². The second-order valence-corrected chi connectivity index (χ2v) is 10.6. The molecule has 2 fully saturated rings. The molecule has 186 valence electrons. The van der Waals surface area contributed by atoms with Crippen molar-refractivity contribution in [2.75, 3.05) is 33.0 Å². The molecule has 2 unspecified atom stereocenters. The quantitative estimate of drug-likeness (QED) is 0.643. The molecule has 5 heterocycles. The highest BCUT2D eigenvalue weighted by Crippen LogP contribution is 2.44. The molecular weight excluding hydrogens is 459 g/mol. The smallest absolute Gasteiger partial charge is 0.171 e. The third-order valence-electron chi connectivity index (χ3n) is 8.02. The Hall–Kier alpha value is -3.39. The van der Waals surface area contributed by atoms with E-state index in [1.54, 1.807) is 12.2 Å². The van der Waals surface area contributed by atoms with Crippen LogP contribution < -0.4 is 4.74 Å². The number of amidine groups is 1. The highest BCUT2D eigenvalue weighted by molar-refractivity contribution is 6.03. The van der Waals surface area contributed by atoms with Crippen LogP contribution in [-0.4, -0.2) is 59.3 Å². The third kappa shape index (κ3) is 3.58. The lowest BCUT2D eigenvalue weighted by molar-refractivity contribution is -0.132. The predicted molar refractivity (Wildman–Crippen MR) is 134 cm³/mol. The molecule has 2 saturated heterocycles. The van der Waals surface area contributed by atoms with Crippen LogP contribution in [-0.2, 0) is 16.0 Å². The summed E-state index contributed by atoms with van der Waals surface area (Å²) in [5, 5.41) is 4.55. The van der Waals surface area contributed by atoms with Crippen molar-refractivity contribution in [2.24, 2.45) is 16.5 Å². The minimum absolute atomic E-state index is 0.0772. The van der Waals surface area contributed by atoms with Gasteiger partial charge in [0.05, 0.1) is 43.6 Å². The van der Waals surface area contributed by atoms with Gasteiger partial charge in [-0.1, -0.05) is 17.3 Å². The number of nitrogens with zero attached hydrogens (tertiary/aromatic N) is 4. The van der Waals surface area contributed by atoms with Crippen LogP contribution in [0, 0.1) is 18.3 Å².